The molecule has 0 aliphatic carbocycles. The van der Waals surface area contributed by atoms with Crippen molar-refractivity contribution in [2.75, 3.05) is 19.7 Å². The van der Waals surface area contributed by atoms with E-state index in [0.717, 1.165) is 25.9 Å². The van der Waals surface area contributed by atoms with Crippen LogP contribution in [0, 0.1) is 0 Å². The zero-order valence-corrected chi connectivity index (χ0v) is 10.3. The third-order valence-corrected chi connectivity index (χ3v) is 3.44. The highest BCUT2D eigenvalue weighted by Gasteiger charge is 2.29. The Morgan fingerprint density at radius 3 is 2.94 bits per heavy atom. The van der Waals surface area contributed by atoms with Crippen molar-refractivity contribution >= 4 is 11.8 Å². The van der Waals surface area contributed by atoms with E-state index in [2.05, 4.69) is 5.32 Å². The highest BCUT2D eigenvalue weighted by Crippen LogP contribution is 2.17. The van der Waals surface area contributed by atoms with Gasteiger partial charge in [0.2, 0.25) is 11.8 Å². The summed E-state index contributed by atoms with van der Waals surface area (Å²) in [6, 6.07) is -0.0319. The molecular weight excluding hydrogens is 220 g/mol. The van der Waals surface area contributed by atoms with E-state index in [1.165, 1.54) is 0 Å². The number of carbonyl (C=O) groups is 2. The van der Waals surface area contributed by atoms with Crippen molar-refractivity contribution in [1.82, 2.24) is 10.2 Å². The Morgan fingerprint density at radius 2 is 2.24 bits per heavy atom. The van der Waals surface area contributed by atoms with Crippen LogP contribution in [0.2, 0.25) is 0 Å². The molecule has 0 radical (unpaired) electrons. The second-order valence-electron chi connectivity index (χ2n) is 4.86. The van der Waals surface area contributed by atoms with Crippen molar-refractivity contribution in [2.45, 2.75) is 44.8 Å². The summed E-state index contributed by atoms with van der Waals surface area (Å²) in [5.41, 5.74) is 0. The lowest BCUT2D eigenvalue weighted by Crippen LogP contribution is -2.45. The molecule has 1 N–H and O–H groups in total. The Kier molecular flexibility index (Phi) is 3.99. The van der Waals surface area contributed by atoms with Gasteiger partial charge in [-0.15, -0.1) is 0 Å². The quantitative estimate of drug-likeness (QED) is 0.755. The van der Waals surface area contributed by atoms with E-state index < -0.39 is 0 Å². The van der Waals surface area contributed by atoms with Gasteiger partial charge < -0.3 is 15.0 Å². The molecule has 0 aromatic carbocycles. The Labute approximate surface area is 101 Å². The SMILES string of the molecule is CC1CC(=O)NCC(=O)N1CC1CCCCO1. The molecule has 17 heavy (non-hydrogen) atoms. The number of hydrogen-bond donors (Lipinski definition) is 1. The summed E-state index contributed by atoms with van der Waals surface area (Å²) in [5, 5.41) is 2.62. The summed E-state index contributed by atoms with van der Waals surface area (Å²) < 4.78 is 5.65. The normalized spacial score (nSPS) is 31.0. The van der Waals surface area contributed by atoms with Crippen molar-refractivity contribution in [1.29, 1.82) is 0 Å². The predicted octanol–water partition coefficient (Wildman–Crippen LogP) is 0.293. The molecule has 2 aliphatic heterocycles. The second-order valence-corrected chi connectivity index (χ2v) is 4.86. The summed E-state index contributed by atoms with van der Waals surface area (Å²) >= 11 is 0. The fraction of sp³-hybridized carbons (Fsp3) is 0.833. The molecule has 5 nitrogen and oxygen atoms in total. The van der Waals surface area contributed by atoms with E-state index in [-0.39, 0.29) is 30.5 Å². The largest absolute Gasteiger partial charge is 0.376 e. The Hall–Kier alpha value is -1.10. The van der Waals surface area contributed by atoms with Crippen LogP contribution in [-0.4, -0.2) is 48.6 Å². The Morgan fingerprint density at radius 1 is 1.41 bits per heavy atom. The second kappa shape index (κ2) is 5.49. The third kappa shape index (κ3) is 3.19. The van der Waals surface area contributed by atoms with Crippen LogP contribution < -0.4 is 5.32 Å². The molecule has 2 unspecified atom stereocenters. The van der Waals surface area contributed by atoms with Gasteiger partial charge >= 0.3 is 0 Å². The van der Waals surface area contributed by atoms with Crippen LogP contribution in [0.5, 0.6) is 0 Å². The highest BCUT2D eigenvalue weighted by molar-refractivity contribution is 5.87. The molecule has 0 aromatic heterocycles. The molecule has 0 aromatic rings. The lowest BCUT2D eigenvalue weighted by molar-refractivity contribution is -0.134. The molecule has 2 heterocycles. The van der Waals surface area contributed by atoms with Gasteiger partial charge in [-0.3, -0.25) is 9.59 Å². The number of carbonyl (C=O) groups excluding carboxylic acids is 2. The molecule has 2 saturated heterocycles. The van der Waals surface area contributed by atoms with Crippen LogP contribution in [0.25, 0.3) is 0 Å². The third-order valence-electron chi connectivity index (χ3n) is 3.44. The van der Waals surface area contributed by atoms with Crippen molar-refractivity contribution in [3.05, 3.63) is 0 Å². The van der Waals surface area contributed by atoms with Crippen LogP contribution in [0.1, 0.15) is 32.6 Å². The fourth-order valence-corrected chi connectivity index (χ4v) is 2.42. The Balaban J connectivity index is 1.96. The van der Waals surface area contributed by atoms with E-state index >= 15 is 0 Å². The van der Waals surface area contributed by atoms with Gasteiger partial charge in [-0.1, -0.05) is 0 Å². The van der Waals surface area contributed by atoms with Crippen LogP contribution >= 0.6 is 0 Å². The van der Waals surface area contributed by atoms with E-state index in [4.69, 9.17) is 4.74 Å². The fourth-order valence-electron chi connectivity index (χ4n) is 2.42. The number of rotatable bonds is 2. The maximum atomic E-state index is 11.9. The van der Waals surface area contributed by atoms with Gasteiger partial charge in [0, 0.05) is 25.6 Å². The van der Waals surface area contributed by atoms with Crippen LogP contribution in [0.3, 0.4) is 0 Å². The van der Waals surface area contributed by atoms with E-state index in [0.29, 0.717) is 13.0 Å². The van der Waals surface area contributed by atoms with Gasteiger partial charge in [-0.2, -0.15) is 0 Å². The minimum absolute atomic E-state index is 0.00229. The maximum Gasteiger partial charge on any atom is 0.242 e. The molecule has 0 saturated carbocycles. The molecule has 2 fully saturated rings. The van der Waals surface area contributed by atoms with Gasteiger partial charge in [0.15, 0.2) is 0 Å². The summed E-state index contributed by atoms with van der Waals surface area (Å²) in [5.74, 6) is -0.0459. The topological polar surface area (TPSA) is 58.6 Å². The maximum absolute atomic E-state index is 11.9. The summed E-state index contributed by atoms with van der Waals surface area (Å²) in [6.07, 6.45) is 3.82. The molecule has 0 bridgehead atoms. The average Bonchev–Trinajstić information content (AvgIpc) is 2.44. The van der Waals surface area contributed by atoms with Gasteiger partial charge in [0.25, 0.3) is 0 Å². The summed E-state index contributed by atoms with van der Waals surface area (Å²) in [4.78, 5) is 25.0. The van der Waals surface area contributed by atoms with Gasteiger partial charge in [0.05, 0.1) is 12.6 Å². The Bertz CT molecular complexity index is 300. The smallest absolute Gasteiger partial charge is 0.242 e. The van der Waals surface area contributed by atoms with Crippen LogP contribution in [-0.2, 0) is 14.3 Å². The first-order valence-electron chi connectivity index (χ1n) is 6.34. The molecule has 5 heteroatoms. The van der Waals surface area contributed by atoms with Gasteiger partial charge in [-0.05, 0) is 26.2 Å². The highest BCUT2D eigenvalue weighted by atomic mass is 16.5. The summed E-state index contributed by atoms with van der Waals surface area (Å²) in [6.45, 7) is 3.45. The van der Waals surface area contributed by atoms with Gasteiger partial charge in [0.1, 0.15) is 0 Å². The number of ether oxygens (including phenoxy) is 1. The van der Waals surface area contributed by atoms with Crippen molar-refractivity contribution < 1.29 is 14.3 Å². The van der Waals surface area contributed by atoms with Crippen molar-refractivity contribution in [2.24, 2.45) is 0 Å². The van der Waals surface area contributed by atoms with Crippen LogP contribution in [0.4, 0.5) is 0 Å². The molecular formula is C12H20N2O3. The lowest BCUT2D eigenvalue weighted by atomic mass is 10.1. The molecule has 96 valence electrons. The first kappa shape index (κ1) is 12.4. The molecule has 0 spiro atoms. The van der Waals surface area contributed by atoms with Gasteiger partial charge in [-0.25, -0.2) is 0 Å². The minimum Gasteiger partial charge on any atom is -0.376 e. The van der Waals surface area contributed by atoms with Crippen LogP contribution in [0.15, 0.2) is 0 Å². The molecule has 2 aliphatic rings. The number of nitrogens with zero attached hydrogens (tertiary/aromatic N) is 1. The molecule has 2 atom stereocenters. The van der Waals surface area contributed by atoms with E-state index in [9.17, 15) is 9.59 Å². The molecule has 2 rings (SSSR count). The van der Waals surface area contributed by atoms with E-state index in [1.807, 2.05) is 6.92 Å². The zero-order chi connectivity index (χ0) is 12.3. The number of amides is 2. The van der Waals surface area contributed by atoms with Crippen molar-refractivity contribution in [3.8, 4) is 0 Å². The summed E-state index contributed by atoms with van der Waals surface area (Å²) in [7, 11) is 0. The first-order valence-corrected chi connectivity index (χ1v) is 6.34. The van der Waals surface area contributed by atoms with Crippen molar-refractivity contribution in [3.63, 3.8) is 0 Å². The first-order chi connectivity index (χ1) is 8.16. The zero-order valence-electron chi connectivity index (χ0n) is 10.3. The number of nitrogens with one attached hydrogen (secondary N) is 1. The molecule has 2 amide bonds. The lowest BCUT2D eigenvalue weighted by Gasteiger charge is -2.32. The van der Waals surface area contributed by atoms with E-state index in [1.54, 1.807) is 4.90 Å². The predicted molar refractivity (Wildman–Crippen MR) is 62.4 cm³/mol. The number of hydrogen-bond acceptors (Lipinski definition) is 3. The average molecular weight is 240 g/mol. The monoisotopic (exact) mass is 240 g/mol. The minimum atomic E-state index is -0.0436. The standard InChI is InChI=1S/C12H20N2O3/c1-9-6-11(15)13-7-12(16)14(9)8-10-4-2-3-5-17-10/h9-10H,2-8H2,1H3,(H,13,15).